The first kappa shape index (κ1) is 18.3. The number of hydrogen-bond acceptors (Lipinski definition) is 2. The average molecular weight is 346 g/mol. The van der Waals surface area contributed by atoms with Crippen LogP contribution in [0.5, 0.6) is 0 Å². The molecule has 0 spiro atoms. The van der Waals surface area contributed by atoms with Crippen molar-refractivity contribution in [1.82, 2.24) is 0 Å². The quantitative estimate of drug-likeness (QED) is 0.438. The average Bonchev–Trinajstić information content (AvgIpc) is 2.95. The molecule has 0 fully saturated rings. The first-order valence-electron chi connectivity index (χ1n) is 9.61. The Bertz CT molecular complexity index is 802. The summed E-state index contributed by atoms with van der Waals surface area (Å²) in [6.45, 7) is 8.42. The summed E-state index contributed by atoms with van der Waals surface area (Å²) in [6.07, 6.45) is 5.05. The van der Waals surface area contributed by atoms with Crippen LogP contribution in [0.2, 0.25) is 0 Å². The van der Waals surface area contributed by atoms with E-state index >= 15 is 0 Å². The number of carbonyl (C=O) groups is 2. The molecule has 2 heteroatoms. The minimum atomic E-state index is 0.189. The molecule has 3 rings (SSSR count). The van der Waals surface area contributed by atoms with Crippen molar-refractivity contribution in [3.8, 4) is 11.1 Å². The van der Waals surface area contributed by atoms with Gasteiger partial charge in [0, 0.05) is 24.0 Å². The highest BCUT2D eigenvalue weighted by Crippen LogP contribution is 2.44. The van der Waals surface area contributed by atoms with Gasteiger partial charge >= 0.3 is 0 Å². The summed E-state index contributed by atoms with van der Waals surface area (Å²) in [5.74, 6) is 0.377. The molecule has 0 saturated carbocycles. The monoisotopic (exact) mass is 346 g/mol. The molecule has 0 N–H and O–H groups in total. The lowest BCUT2D eigenvalue weighted by atomic mass is 9.98. The molecule has 0 atom stereocenters. The maximum atomic E-state index is 12.4. The minimum Gasteiger partial charge on any atom is -0.294 e. The maximum absolute atomic E-state index is 12.4. The van der Waals surface area contributed by atoms with E-state index in [9.17, 15) is 9.59 Å². The number of ketones is 2. The van der Waals surface area contributed by atoms with Gasteiger partial charge in [0.05, 0.1) is 0 Å². The lowest BCUT2D eigenvalue weighted by Gasteiger charge is -2.05. The van der Waals surface area contributed by atoms with E-state index in [1.807, 2.05) is 36.4 Å². The van der Waals surface area contributed by atoms with Gasteiger partial charge in [-0.15, -0.1) is 0 Å². The Morgan fingerprint density at radius 1 is 0.731 bits per heavy atom. The highest BCUT2D eigenvalue weighted by atomic mass is 16.1. The van der Waals surface area contributed by atoms with Gasteiger partial charge in [-0.3, -0.25) is 9.59 Å². The van der Waals surface area contributed by atoms with Crippen LogP contribution in [0.3, 0.4) is 0 Å². The number of rotatable bonds is 8. The second-order valence-corrected chi connectivity index (χ2v) is 7.05. The highest BCUT2D eigenvalue weighted by Gasteiger charge is 2.24. The molecule has 0 amide bonds. The fourth-order valence-corrected chi connectivity index (χ4v) is 3.51. The standard InChI is InChI=1S/C24H26O2/c1-4-6-8-23(25)17-10-12-19-20-13-11-18(24(26)9-7-5-2)15-22(20)16(3)21(19)14-17/h10-15H,3-9H2,1-2H3. The van der Waals surface area contributed by atoms with E-state index in [1.165, 1.54) is 0 Å². The number of benzene rings is 2. The van der Waals surface area contributed by atoms with Crippen LogP contribution >= 0.6 is 0 Å². The number of unbranched alkanes of at least 4 members (excludes halogenated alkanes) is 2. The van der Waals surface area contributed by atoms with Gasteiger partial charge in [0.1, 0.15) is 0 Å². The molecule has 0 aliphatic heterocycles. The molecule has 0 saturated heterocycles. The summed E-state index contributed by atoms with van der Waals surface area (Å²) >= 11 is 0. The molecular weight excluding hydrogens is 320 g/mol. The summed E-state index contributed by atoms with van der Waals surface area (Å²) < 4.78 is 0. The van der Waals surface area contributed by atoms with Gasteiger partial charge in [0.25, 0.3) is 0 Å². The van der Waals surface area contributed by atoms with Crippen molar-refractivity contribution in [2.45, 2.75) is 52.4 Å². The number of carbonyl (C=O) groups excluding carboxylic acids is 2. The van der Waals surface area contributed by atoms with Crippen molar-refractivity contribution in [2.24, 2.45) is 0 Å². The van der Waals surface area contributed by atoms with Crippen LogP contribution in [-0.2, 0) is 0 Å². The SMILES string of the molecule is C=C1c2cc(C(=O)CCCC)ccc2-c2ccc(C(=O)CCCC)cc21. The normalized spacial score (nSPS) is 12.0. The second kappa shape index (κ2) is 7.82. The molecule has 26 heavy (non-hydrogen) atoms. The fraction of sp³-hybridized carbons (Fsp3) is 0.333. The Morgan fingerprint density at radius 3 is 1.54 bits per heavy atom. The molecule has 2 aromatic rings. The van der Waals surface area contributed by atoms with Gasteiger partial charge in [0.15, 0.2) is 11.6 Å². The van der Waals surface area contributed by atoms with Crippen LogP contribution in [0.1, 0.15) is 84.2 Å². The van der Waals surface area contributed by atoms with Gasteiger partial charge < -0.3 is 0 Å². The van der Waals surface area contributed by atoms with Crippen molar-refractivity contribution in [2.75, 3.05) is 0 Å². The van der Waals surface area contributed by atoms with E-state index in [0.717, 1.165) is 64.6 Å². The zero-order valence-electron chi connectivity index (χ0n) is 15.7. The highest BCUT2D eigenvalue weighted by molar-refractivity contribution is 6.06. The number of hydrogen-bond donors (Lipinski definition) is 0. The fourth-order valence-electron chi connectivity index (χ4n) is 3.51. The molecule has 134 valence electrons. The first-order valence-corrected chi connectivity index (χ1v) is 9.61. The van der Waals surface area contributed by atoms with Gasteiger partial charge in [-0.25, -0.2) is 0 Å². The van der Waals surface area contributed by atoms with E-state index in [-0.39, 0.29) is 11.6 Å². The lowest BCUT2D eigenvalue weighted by Crippen LogP contribution is -1.99. The maximum Gasteiger partial charge on any atom is 0.162 e. The predicted molar refractivity (Wildman–Crippen MR) is 108 cm³/mol. The summed E-state index contributed by atoms with van der Waals surface area (Å²) in [5.41, 5.74) is 6.65. The Kier molecular flexibility index (Phi) is 5.51. The molecule has 0 bridgehead atoms. The smallest absolute Gasteiger partial charge is 0.162 e. The number of Topliss-reactive ketones (excluding diaryl/α,β-unsaturated/α-hetero) is 2. The zero-order valence-corrected chi connectivity index (χ0v) is 15.7. The molecule has 2 nitrogen and oxygen atoms in total. The van der Waals surface area contributed by atoms with Crippen molar-refractivity contribution in [3.63, 3.8) is 0 Å². The first-order chi connectivity index (χ1) is 12.6. The van der Waals surface area contributed by atoms with Crippen molar-refractivity contribution >= 4 is 17.1 Å². The van der Waals surface area contributed by atoms with E-state index in [0.29, 0.717) is 12.8 Å². The largest absolute Gasteiger partial charge is 0.294 e. The topological polar surface area (TPSA) is 34.1 Å². The van der Waals surface area contributed by atoms with Crippen molar-refractivity contribution in [3.05, 3.63) is 65.2 Å². The van der Waals surface area contributed by atoms with Crippen molar-refractivity contribution < 1.29 is 9.59 Å². The Hall–Kier alpha value is -2.48. The molecule has 2 aromatic carbocycles. The van der Waals surface area contributed by atoms with Crippen LogP contribution in [0, 0.1) is 0 Å². The molecule has 0 radical (unpaired) electrons. The van der Waals surface area contributed by atoms with E-state index < -0.39 is 0 Å². The van der Waals surface area contributed by atoms with Crippen LogP contribution in [0.4, 0.5) is 0 Å². The molecule has 1 aliphatic carbocycles. The van der Waals surface area contributed by atoms with E-state index in [2.05, 4.69) is 20.4 Å². The molecule has 1 aliphatic rings. The molecular formula is C24H26O2. The van der Waals surface area contributed by atoms with E-state index in [4.69, 9.17) is 0 Å². The third-order valence-electron chi connectivity index (χ3n) is 5.14. The van der Waals surface area contributed by atoms with Gasteiger partial charge in [0.2, 0.25) is 0 Å². The minimum absolute atomic E-state index is 0.189. The van der Waals surface area contributed by atoms with Crippen molar-refractivity contribution in [1.29, 1.82) is 0 Å². The van der Waals surface area contributed by atoms with Crippen LogP contribution in [0.15, 0.2) is 43.0 Å². The third kappa shape index (κ3) is 3.41. The van der Waals surface area contributed by atoms with E-state index in [1.54, 1.807) is 0 Å². The summed E-state index contributed by atoms with van der Waals surface area (Å²) in [7, 11) is 0. The van der Waals surface area contributed by atoms with Gasteiger partial charge in [-0.05, 0) is 52.8 Å². The summed E-state index contributed by atoms with van der Waals surface area (Å²) in [5, 5.41) is 0. The number of fused-ring (bicyclic) bond motifs is 3. The molecule has 0 aromatic heterocycles. The van der Waals surface area contributed by atoms with Gasteiger partial charge in [-0.1, -0.05) is 57.5 Å². The lowest BCUT2D eigenvalue weighted by molar-refractivity contribution is 0.0972. The summed E-state index contributed by atoms with van der Waals surface area (Å²) in [4.78, 5) is 24.7. The summed E-state index contributed by atoms with van der Waals surface area (Å²) in [6, 6.07) is 11.8. The molecule has 0 unspecified atom stereocenters. The van der Waals surface area contributed by atoms with Crippen LogP contribution < -0.4 is 0 Å². The van der Waals surface area contributed by atoms with Crippen LogP contribution in [0.25, 0.3) is 16.7 Å². The second-order valence-electron chi connectivity index (χ2n) is 7.05. The molecule has 0 heterocycles. The zero-order chi connectivity index (χ0) is 18.7. The van der Waals surface area contributed by atoms with Gasteiger partial charge in [-0.2, -0.15) is 0 Å². The van der Waals surface area contributed by atoms with Crippen LogP contribution in [-0.4, -0.2) is 11.6 Å². The third-order valence-corrected chi connectivity index (χ3v) is 5.14. The Balaban J connectivity index is 1.91. The Morgan fingerprint density at radius 2 is 1.15 bits per heavy atom. The Labute approximate surface area is 155 Å². The predicted octanol–water partition coefficient (Wildman–Crippen LogP) is 6.47.